The summed E-state index contributed by atoms with van der Waals surface area (Å²) in [5.41, 5.74) is 2.94. The molecule has 2 nitrogen and oxygen atoms in total. The predicted molar refractivity (Wildman–Crippen MR) is 150 cm³/mol. The number of rotatable bonds is 4. The highest BCUT2D eigenvalue weighted by Gasteiger charge is 2.59. The van der Waals surface area contributed by atoms with Gasteiger partial charge in [-0.15, -0.1) is 0 Å². The van der Waals surface area contributed by atoms with Gasteiger partial charge in [0.15, 0.2) is 0 Å². The Bertz CT molecular complexity index is 1070. The Kier molecular flexibility index (Phi) is 6.94. The van der Waals surface area contributed by atoms with E-state index in [0.717, 1.165) is 41.6 Å². The van der Waals surface area contributed by atoms with Crippen molar-refractivity contribution in [3.63, 3.8) is 0 Å². The number of fused-ring (bicyclic) bond motifs is 5. The summed E-state index contributed by atoms with van der Waals surface area (Å²) in [6, 6.07) is 5.06. The van der Waals surface area contributed by atoms with Crippen molar-refractivity contribution in [2.75, 3.05) is 7.11 Å². The molecule has 1 aromatic carbocycles. The van der Waals surface area contributed by atoms with Crippen molar-refractivity contribution < 1.29 is 13.9 Å². The molecule has 3 fully saturated rings. The first-order valence-corrected chi connectivity index (χ1v) is 15.0. The molecule has 0 radical (unpaired) electrons. The number of hydrogen-bond acceptors (Lipinski definition) is 2. The molecule has 204 valence electrons. The minimum atomic E-state index is -0.616. The maximum Gasteiger partial charge on any atom is 0.340 e. The largest absolute Gasteiger partial charge is 0.465 e. The minimum absolute atomic E-state index is 0.0135. The van der Waals surface area contributed by atoms with E-state index in [1.165, 1.54) is 64.0 Å². The molecule has 3 heteroatoms. The molecule has 0 saturated heterocycles. The molecule has 0 bridgehead atoms. The number of carbonyl (C=O) groups excluding carboxylic acids is 1. The van der Waals surface area contributed by atoms with Gasteiger partial charge in [-0.2, -0.15) is 0 Å². The maximum absolute atomic E-state index is 14.9. The van der Waals surface area contributed by atoms with Crippen LogP contribution in [0.25, 0.3) is 5.57 Å². The molecule has 37 heavy (non-hydrogen) atoms. The number of halogens is 1. The molecule has 0 amide bonds. The highest BCUT2D eigenvalue weighted by atomic mass is 19.1. The Morgan fingerprint density at radius 1 is 1.00 bits per heavy atom. The quantitative estimate of drug-likeness (QED) is 0.379. The van der Waals surface area contributed by atoms with Gasteiger partial charge in [-0.05, 0) is 126 Å². The van der Waals surface area contributed by atoms with E-state index in [1.54, 1.807) is 12.1 Å². The van der Waals surface area contributed by atoms with Gasteiger partial charge < -0.3 is 4.74 Å². The van der Waals surface area contributed by atoms with Crippen LogP contribution in [0.3, 0.4) is 0 Å². The van der Waals surface area contributed by atoms with Crippen molar-refractivity contribution >= 4 is 11.5 Å². The predicted octanol–water partition coefficient (Wildman–Crippen LogP) is 9.34. The Balaban J connectivity index is 1.44. The van der Waals surface area contributed by atoms with Gasteiger partial charge >= 0.3 is 5.97 Å². The zero-order valence-electron chi connectivity index (χ0n) is 24.3. The third-order valence-electron chi connectivity index (χ3n) is 12.1. The Labute approximate surface area is 224 Å². The van der Waals surface area contributed by atoms with Crippen molar-refractivity contribution in [2.24, 2.45) is 51.8 Å². The average molecular weight is 509 g/mol. The fraction of sp³-hybridized carbons (Fsp3) is 0.735. The molecule has 0 spiro atoms. The molecule has 3 saturated carbocycles. The summed E-state index contributed by atoms with van der Waals surface area (Å²) in [5, 5.41) is 0. The van der Waals surface area contributed by atoms with Gasteiger partial charge in [0.2, 0.25) is 0 Å². The van der Waals surface area contributed by atoms with Crippen LogP contribution in [0.1, 0.15) is 115 Å². The van der Waals surface area contributed by atoms with Crippen LogP contribution in [0, 0.1) is 57.6 Å². The summed E-state index contributed by atoms with van der Waals surface area (Å²) in [6.07, 6.45) is 14.5. The molecule has 0 heterocycles. The molecular weight excluding hydrogens is 459 g/mol. The first-order valence-electron chi connectivity index (χ1n) is 15.0. The number of hydrogen-bond donors (Lipinski definition) is 0. The minimum Gasteiger partial charge on any atom is -0.465 e. The number of allylic oxidation sites excluding steroid dienone is 2. The average Bonchev–Trinajstić information content (AvgIpc) is 2.84. The van der Waals surface area contributed by atoms with Crippen molar-refractivity contribution in [3.8, 4) is 0 Å². The number of ether oxygens (including phenoxy) is 1. The molecule has 1 aromatic rings. The molecule has 0 aromatic heterocycles. The van der Waals surface area contributed by atoms with Gasteiger partial charge in [0.1, 0.15) is 5.82 Å². The highest BCUT2D eigenvalue weighted by molar-refractivity contribution is 5.90. The molecule has 0 N–H and O–H groups in total. The van der Waals surface area contributed by atoms with Crippen LogP contribution < -0.4 is 0 Å². The Morgan fingerprint density at radius 2 is 1.73 bits per heavy atom. The normalized spacial score (nSPS) is 38.0. The zero-order chi connectivity index (χ0) is 26.8. The van der Waals surface area contributed by atoms with E-state index in [1.807, 2.05) is 6.07 Å². The lowest BCUT2D eigenvalue weighted by atomic mass is 9.40. The molecular formula is C34H49FO2. The summed E-state index contributed by atoms with van der Waals surface area (Å²) < 4.78 is 19.6. The molecule has 4 aliphatic carbocycles. The lowest BCUT2D eigenvalue weighted by Crippen LogP contribution is -2.56. The van der Waals surface area contributed by atoms with E-state index in [2.05, 4.69) is 47.6 Å². The van der Waals surface area contributed by atoms with E-state index < -0.39 is 11.8 Å². The van der Waals surface area contributed by atoms with Crippen LogP contribution in [-0.4, -0.2) is 13.1 Å². The first-order chi connectivity index (χ1) is 17.5. The van der Waals surface area contributed by atoms with E-state index >= 15 is 0 Å². The summed E-state index contributed by atoms with van der Waals surface area (Å²) in [7, 11) is 1.30. The van der Waals surface area contributed by atoms with E-state index in [4.69, 9.17) is 4.74 Å². The molecule has 5 unspecified atom stereocenters. The number of methoxy groups -OCH3 is 1. The number of carbonyl (C=O) groups is 1. The molecule has 4 aliphatic rings. The van der Waals surface area contributed by atoms with Crippen LogP contribution in [0.5, 0.6) is 0 Å². The maximum atomic E-state index is 14.9. The SMILES string of the molecule is CCC[C@@H]1C2CCC3C(CCC4C(C)(C)C(c5ccc(C(=O)OC)c(F)c5)=CC[C@]34C)C2CCC1(C)C. The second kappa shape index (κ2) is 9.53. The first kappa shape index (κ1) is 26.9. The van der Waals surface area contributed by atoms with E-state index in [9.17, 15) is 9.18 Å². The zero-order valence-corrected chi connectivity index (χ0v) is 24.3. The second-order valence-electron chi connectivity index (χ2n) is 14.5. The third kappa shape index (κ3) is 4.22. The fourth-order valence-electron chi connectivity index (χ4n) is 10.4. The summed E-state index contributed by atoms with van der Waals surface area (Å²) in [4.78, 5) is 11.9. The number of esters is 1. The Hall–Kier alpha value is -1.64. The van der Waals surface area contributed by atoms with Crippen LogP contribution in [0.4, 0.5) is 4.39 Å². The molecule has 5 rings (SSSR count). The van der Waals surface area contributed by atoms with Gasteiger partial charge in [0.05, 0.1) is 12.7 Å². The summed E-state index contributed by atoms with van der Waals surface area (Å²) >= 11 is 0. The van der Waals surface area contributed by atoms with Gasteiger partial charge in [0, 0.05) is 0 Å². The topological polar surface area (TPSA) is 26.3 Å². The third-order valence-corrected chi connectivity index (χ3v) is 12.1. The van der Waals surface area contributed by atoms with Gasteiger partial charge in [-0.3, -0.25) is 0 Å². The van der Waals surface area contributed by atoms with Crippen molar-refractivity contribution in [2.45, 2.75) is 99.3 Å². The van der Waals surface area contributed by atoms with Crippen molar-refractivity contribution in [1.29, 1.82) is 0 Å². The monoisotopic (exact) mass is 508 g/mol. The molecule has 7 atom stereocenters. The Morgan fingerprint density at radius 3 is 2.41 bits per heavy atom. The van der Waals surface area contributed by atoms with Crippen LogP contribution in [-0.2, 0) is 4.74 Å². The van der Waals surface area contributed by atoms with Crippen LogP contribution >= 0.6 is 0 Å². The van der Waals surface area contributed by atoms with Crippen LogP contribution in [0.15, 0.2) is 24.3 Å². The van der Waals surface area contributed by atoms with Gasteiger partial charge in [0.25, 0.3) is 0 Å². The van der Waals surface area contributed by atoms with Crippen molar-refractivity contribution in [3.05, 3.63) is 41.2 Å². The summed E-state index contributed by atoms with van der Waals surface area (Å²) in [5.74, 6) is 3.88. The van der Waals surface area contributed by atoms with Crippen molar-refractivity contribution in [1.82, 2.24) is 0 Å². The molecule has 0 aliphatic heterocycles. The number of benzene rings is 1. The summed E-state index contributed by atoms with van der Waals surface area (Å²) in [6.45, 7) is 14.8. The fourth-order valence-corrected chi connectivity index (χ4v) is 10.4. The van der Waals surface area contributed by atoms with Crippen LogP contribution in [0.2, 0.25) is 0 Å². The smallest absolute Gasteiger partial charge is 0.340 e. The van der Waals surface area contributed by atoms with Gasteiger partial charge in [-0.1, -0.05) is 60.1 Å². The second-order valence-corrected chi connectivity index (χ2v) is 14.5. The van der Waals surface area contributed by atoms with E-state index in [0.29, 0.717) is 16.7 Å². The lowest BCUT2D eigenvalue weighted by molar-refractivity contribution is -0.131. The van der Waals surface area contributed by atoms with Gasteiger partial charge in [-0.25, -0.2) is 9.18 Å². The van der Waals surface area contributed by atoms with E-state index in [-0.39, 0.29) is 11.0 Å². The standard InChI is InChI=1S/C34H49FO2/c1-8-9-27-23-12-14-28-24(22(23)16-18-32(27,2)3)13-15-30-33(4,5)26(17-19-34(28,30)6)21-10-11-25(29(35)20-21)31(36)37-7/h10-11,17,20,22-24,27-28,30H,8-9,12-16,18-19H2,1-7H3/t22?,23?,24?,27-,28?,30?,34-/m1/s1. The highest BCUT2D eigenvalue weighted by Crippen LogP contribution is 2.68. The lowest BCUT2D eigenvalue weighted by Gasteiger charge is -2.64.